The van der Waals surface area contributed by atoms with E-state index in [0.29, 0.717) is 10.9 Å². The van der Waals surface area contributed by atoms with Crippen molar-refractivity contribution in [3.05, 3.63) is 54.1 Å². The van der Waals surface area contributed by atoms with Crippen molar-refractivity contribution >= 4 is 32.6 Å². The van der Waals surface area contributed by atoms with Gasteiger partial charge in [0.2, 0.25) is 0 Å². The summed E-state index contributed by atoms with van der Waals surface area (Å²) in [5, 5.41) is 3.42. The normalized spacial score (nSPS) is 12.8. The first-order chi connectivity index (χ1) is 11.8. The van der Waals surface area contributed by atoms with E-state index in [1.54, 1.807) is 6.92 Å². The Morgan fingerprint density at radius 1 is 1.12 bits per heavy atom. The number of amides is 1. The van der Waals surface area contributed by atoms with Gasteiger partial charge in [-0.1, -0.05) is 56.4 Å². The van der Waals surface area contributed by atoms with Gasteiger partial charge in [0.05, 0.1) is 10.2 Å². The number of hydrogen-bond donors (Lipinski definition) is 1. The van der Waals surface area contributed by atoms with E-state index in [2.05, 4.69) is 31.1 Å². The maximum absolute atomic E-state index is 12.4. The van der Waals surface area contributed by atoms with Crippen LogP contribution in [0, 0.1) is 0 Å². The Hall–Kier alpha value is -2.40. The van der Waals surface area contributed by atoms with Gasteiger partial charge >= 0.3 is 0 Å². The Bertz CT molecular complexity index is 846. The molecule has 0 saturated heterocycles. The number of anilines is 1. The van der Waals surface area contributed by atoms with Crippen molar-refractivity contribution in [3.63, 3.8) is 0 Å². The molecule has 4 nitrogen and oxygen atoms in total. The topological polar surface area (TPSA) is 51.2 Å². The Labute approximate surface area is 151 Å². The van der Waals surface area contributed by atoms with Gasteiger partial charge in [0, 0.05) is 0 Å². The van der Waals surface area contributed by atoms with E-state index in [-0.39, 0.29) is 11.3 Å². The maximum atomic E-state index is 12.4. The number of hydrogen-bond acceptors (Lipinski definition) is 4. The summed E-state index contributed by atoms with van der Waals surface area (Å²) in [6.07, 6.45) is -0.604. The second-order valence-corrected chi connectivity index (χ2v) is 8.04. The molecule has 0 fully saturated rings. The largest absolute Gasteiger partial charge is 0.481 e. The zero-order valence-electron chi connectivity index (χ0n) is 14.9. The highest BCUT2D eigenvalue weighted by molar-refractivity contribution is 7.22. The quantitative estimate of drug-likeness (QED) is 0.717. The number of aromatic nitrogens is 1. The molecule has 1 N–H and O–H groups in total. The fourth-order valence-corrected chi connectivity index (χ4v) is 3.29. The third kappa shape index (κ3) is 4.17. The maximum Gasteiger partial charge on any atom is 0.266 e. The van der Waals surface area contributed by atoms with Gasteiger partial charge in [-0.25, -0.2) is 4.98 Å². The van der Waals surface area contributed by atoms with Gasteiger partial charge in [0.25, 0.3) is 5.91 Å². The molecular formula is C20H22N2O2S. The lowest BCUT2D eigenvalue weighted by Crippen LogP contribution is -2.30. The number of nitrogens with zero attached hydrogens (tertiary/aromatic N) is 1. The van der Waals surface area contributed by atoms with Crippen molar-refractivity contribution in [2.24, 2.45) is 0 Å². The average molecular weight is 354 g/mol. The number of ether oxygens (including phenoxy) is 1. The number of carbonyl (C=O) groups excluding carboxylic acids is 1. The second-order valence-electron chi connectivity index (χ2n) is 7.01. The van der Waals surface area contributed by atoms with Crippen LogP contribution in [0.25, 0.3) is 10.2 Å². The summed E-state index contributed by atoms with van der Waals surface area (Å²) in [6.45, 7) is 8.23. The third-order valence-corrected chi connectivity index (χ3v) is 4.88. The molecule has 2 aromatic carbocycles. The van der Waals surface area contributed by atoms with E-state index in [4.69, 9.17) is 4.74 Å². The van der Waals surface area contributed by atoms with Crippen molar-refractivity contribution in [1.82, 2.24) is 4.98 Å². The van der Waals surface area contributed by atoms with E-state index in [9.17, 15) is 4.79 Å². The van der Waals surface area contributed by atoms with E-state index in [1.165, 1.54) is 16.9 Å². The Morgan fingerprint density at radius 3 is 2.44 bits per heavy atom. The molecule has 0 unspecified atom stereocenters. The monoisotopic (exact) mass is 354 g/mol. The van der Waals surface area contributed by atoms with E-state index in [1.807, 2.05) is 48.5 Å². The molecule has 0 spiro atoms. The zero-order valence-corrected chi connectivity index (χ0v) is 15.7. The van der Waals surface area contributed by atoms with Gasteiger partial charge in [-0.3, -0.25) is 10.1 Å². The number of nitrogens with one attached hydrogen (secondary N) is 1. The van der Waals surface area contributed by atoms with Crippen molar-refractivity contribution in [3.8, 4) is 5.75 Å². The van der Waals surface area contributed by atoms with Crippen LogP contribution < -0.4 is 10.1 Å². The van der Waals surface area contributed by atoms with Gasteiger partial charge < -0.3 is 4.74 Å². The summed E-state index contributed by atoms with van der Waals surface area (Å²) in [4.78, 5) is 16.8. The molecule has 0 bridgehead atoms. The predicted octanol–water partition coefficient (Wildman–Crippen LogP) is 5.00. The highest BCUT2D eigenvalue weighted by Crippen LogP contribution is 2.26. The van der Waals surface area contributed by atoms with Crippen LogP contribution in [0.1, 0.15) is 33.3 Å². The van der Waals surface area contributed by atoms with Crippen LogP contribution in [-0.4, -0.2) is 17.0 Å². The lowest BCUT2D eigenvalue weighted by atomic mass is 9.87. The van der Waals surface area contributed by atoms with Gasteiger partial charge in [-0.2, -0.15) is 0 Å². The number of para-hydroxylation sites is 1. The minimum atomic E-state index is -0.604. The van der Waals surface area contributed by atoms with Crippen molar-refractivity contribution in [1.29, 1.82) is 0 Å². The van der Waals surface area contributed by atoms with Gasteiger partial charge in [-0.15, -0.1) is 0 Å². The molecular weight excluding hydrogens is 332 g/mol. The summed E-state index contributed by atoms with van der Waals surface area (Å²) < 4.78 is 6.80. The molecule has 1 heterocycles. The molecule has 3 rings (SSSR count). The minimum absolute atomic E-state index is 0.0916. The van der Waals surface area contributed by atoms with E-state index >= 15 is 0 Å². The minimum Gasteiger partial charge on any atom is -0.481 e. The van der Waals surface area contributed by atoms with Crippen LogP contribution >= 0.6 is 11.3 Å². The summed E-state index contributed by atoms with van der Waals surface area (Å²) in [7, 11) is 0. The first-order valence-electron chi connectivity index (χ1n) is 8.26. The summed E-state index contributed by atoms with van der Waals surface area (Å²) in [6, 6.07) is 15.7. The molecule has 0 aliphatic rings. The standard InChI is InChI=1S/C20H22N2O2S/c1-13(24-15-11-9-14(10-12-15)20(2,3)4)18(23)22-19-21-16-7-5-6-8-17(16)25-19/h5-13H,1-4H3,(H,21,22,23)/t13-/m0/s1. The van der Waals surface area contributed by atoms with Crippen molar-refractivity contribution < 1.29 is 9.53 Å². The molecule has 1 amide bonds. The molecule has 25 heavy (non-hydrogen) atoms. The molecule has 130 valence electrons. The van der Waals surface area contributed by atoms with Crippen molar-refractivity contribution in [2.45, 2.75) is 39.2 Å². The van der Waals surface area contributed by atoms with Crippen LogP contribution in [0.15, 0.2) is 48.5 Å². The Balaban J connectivity index is 1.64. The Morgan fingerprint density at radius 2 is 1.80 bits per heavy atom. The van der Waals surface area contributed by atoms with Crippen LogP contribution in [0.4, 0.5) is 5.13 Å². The first-order valence-corrected chi connectivity index (χ1v) is 9.08. The first kappa shape index (κ1) is 17.4. The van der Waals surface area contributed by atoms with Gasteiger partial charge in [-0.05, 0) is 42.2 Å². The van der Waals surface area contributed by atoms with Gasteiger partial charge in [0.1, 0.15) is 5.75 Å². The van der Waals surface area contributed by atoms with Crippen LogP contribution in [-0.2, 0) is 10.2 Å². The molecule has 1 aromatic heterocycles. The van der Waals surface area contributed by atoms with Crippen LogP contribution in [0.2, 0.25) is 0 Å². The predicted molar refractivity (Wildman–Crippen MR) is 103 cm³/mol. The molecule has 0 radical (unpaired) electrons. The molecule has 0 aliphatic heterocycles. The number of fused-ring (bicyclic) bond motifs is 1. The van der Waals surface area contributed by atoms with Gasteiger partial charge in [0.15, 0.2) is 11.2 Å². The van der Waals surface area contributed by atoms with Crippen molar-refractivity contribution in [2.75, 3.05) is 5.32 Å². The third-order valence-electron chi connectivity index (χ3n) is 3.93. The van der Waals surface area contributed by atoms with E-state index in [0.717, 1.165) is 10.2 Å². The fraction of sp³-hybridized carbons (Fsp3) is 0.300. The lowest BCUT2D eigenvalue weighted by Gasteiger charge is -2.20. The second kappa shape index (κ2) is 6.84. The summed E-state index contributed by atoms with van der Waals surface area (Å²) in [5.41, 5.74) is 2.20. The molecule has 0 saturated carbocycles. The smallest absolute Gasteiger partial charge is 0.266 e. The molecule has 0 aliphatic carbocycles. The number of rotatable bonds is 4. The molecule has 1 atom stereocenters. The highest BCUT2D eigenvalue weighted by Gasteiger charge is 2.18. The fourth-order valence-electron chi connectivity index (χ4n) is 2.42. The Kier molecular flexibility index (Phi) is 4.77. The summed E-state index contributed by atoms with van der Waals surface area (Å²) >= 11 is 1.46. The molecule has 5 heteroatoms. The summed E-state index contributed by atoms with van der Waals surface area (Å²) in [5.74, 6) is 0.471. The number of benzene rings is 2. The van der Waals surface area contributed by atoms with Crippen LogP contribution in [0.3, 0.4) is 0 Å². The average Bonchev–Trinajstić information content (AvgIpc) is 2.96. The molecule has 3 aromatic rings. The zero-order chi connectivity index (χ0) is 18.0. The number of thiazole rings is 1. The SMILES string of the molecule is C[C@H](Oc1ccc(C(C)(C)C)cc1)C(=O)Nc1nc2ccccc2s1. The lowest BCUT2D eigenvalue weighted by molar-refractivity contribution is -0.122. The van der Waals surface area contributed by atoms with E-state index < -0.39 is 6.10 Å². The highest BCUT2D eigenvalue weighted by atomic mass is 32.1. The van der Waals surface area contributed by atoms with Crippen LogP contribution in [0.5, 0.6) is 5.75 Å². The number of carbonyl (C=O) groups is 1.